The number of furan rings is 1. The van der Waals surface area contributed by atoms with Gasteiger partial charge < -0.3 is 20.0 Å². The van der Waals surface area contributed by atoms with E-state index in [1.165, 1.54) is 45.2 Å². The van der Waals surface area contributed by atoms with Crippen molar-refractivity contribution in [2.24, 2.45) is 4.99 Å². The first-order chi connectivity index (χ1) is 11.8. The Hall–Kier alpha value is -1.49. The molecule has 1 aliphatic heterocycles. The highest BCUT2D eigenvalue weighted by Crippen LogP contribution is 2.29. The zero-order valence-electron chi connectivity index (χ0n) is 15.0. The molecule has 1 saturated heterocycles. The van der Waals surface area contributed by atoms with Gasteiger partial charge >= 0.3 is 0 Å². The Bertz CT molecular complexity index is 487. The summed E-state index contributed by atoms with van der Waals surface area (Å²) in [4.78, 5) is 7.41. The summed E-state index contributed by atoms with van der Waals surface area (Å²) in [5, 5.41) is 7.13. The van der Waals surface area contributed by atoms with Crippen LogP contribution in [0.4, 0.5) is 0 Å². The number of hydrogen-bond acceptors (Lipinski definition) is 3. The van der Waals surface area contributed by atoms with Crippen molar-refractivity contribution in [3.63, 3.8) is 0 Å². The number of likely N-dealkylation sites (tertiary alicyclic amines) is 1. The maximum Gasteiger partial charge on any atom is 0.191 e. The molecule has 5 heteroatoms. The fraction of sp³-hybridized carbons (Fsp3) is 0.737. The van der Waals surface area contributed by atoms with E-state index < -0.39 is 0 Å². The van der Waals surface area contributed by atoms with Gasteiger partial charge in [-0.2, -0.15) is 0 Å². The minimum Gasteiger partial charge on any atom is -0.469 e. The Labute approximate surface area is 145 Å². The van der Waals surface area contributed by atoms with Gasteiger partial charge in [0.2, 0.25) is 0 Å². The SMILES string of the molecule is CCCCN=C(NCCc1ccco1)NC1CCN(C2CC2)CC1. The van der Waals surface area contributed by atoms with Crippen LogP contribution in [0.15, 0.2) is 27.8 Å². The fourth-order valence-corrected chi connectivity index (χ4v) is 3.30. The molecule has 1 saturated carbocycles. The molecular weight excluding hydrogens is 300 g/mol. The van der Waals surface area contributed by atoms with Crippen molar-refractivity contribution in [2.75, 3.05) is 26.2 Å². The smallest absolute Gasteiger partial charge is 0.191 e. The Morgan fingerprint density at radius 1 is 1.29 bits per heavy atom. The lowest BCUT2D eigenvalue weighted by Gasteiger charge is -2.33. The molecule has 1 aromatic heterocycles. The minimum atomic E-state index is 0.552. The van der Waals surface area contributed by atoms with Crippen molar-refractivity contribution in [2.45, 2.75) is 64.0 Å². The molecule has 2 N–H and O–H groups in total. The summed E-state index contributed by atoms with van der Waals surface area (Å²) in [5.41, 5.74) is 0. The third-order valence-corrected chi connectivity index (χ3v) is 4.96. The van der Waals surface area contributed by atoms with Gasteiger partial charge in [-0.05, 0) is 44.2 Å². The Balaban J connectivity index is 1.43. The van der Waals surface area contributed by atoms with E-state index >= 15 is 0 Å². The van der Waals surface area contributed by atoms with Crippen LogP contribution in [0.1, 0.15) is 51.2 Å². The van der Waals surface area contributed by atoms with Crippen LogP contribution in [0.2, 0.25) is 0 Å². The van der Waals surface area contributed by atoms with Crippen LogP contribution < -0.4 is 10.6 Å². The summed E-state index contributed by atoms with van der Waals surface area (Å²) in [6.45, 7) is 6.42. The summed E-state index contributed by atoms with van der Waals surface area (Å²) >= 11 is 0. The lowest BCUT2D eigenvalue weighted by Crippen LogP contribution is -2.49. The summed E-state index contributed by atoms with van der Waals surface area (Å²) in [6, 6.07) is 5.42. The van der Waals surface area contributed by atoms with Crippen molar-refractivity contribution in [1.82, 2.24) is 15.5 Å². The summed E-state index contributed by atoms with van der Waals surface area (Å²) in [6.07, 6.45) is 10.2. The molecule has 0 amide bonds. The summed E-state index contributed by atoms with van der Waals surface area (Å²) < 4.78 is 5.40. The fourth-order valence-electron chi connectivity index (χ4n) is 3.30. The van der Waals surface area contributed by atoms with Crippen LogP contribution in [0.25, 0.3) is 0 Å². The average molecular weight is 332 g/mol. The van der Waals surface area contributed by atoms with Crippen LogP contribution >= 0.6 is 0 Å². The quantitative estimate of drug-likeness (QED) is 0.437. The first kappa shape index (κ1) is 17.3. The molecule has 134 valence electrons. The second-order valence-electron chi connectivity index (χ2n) is 7.03. The van der Waals surface area contributed by atoms with Gasteiger partial charge in [-0.3, -0.25) is 4.99 Å². The topological polar surface area (TPSA) is 52.8 Å². The van der Waals surface area contributed by atoms with Gasteiger partial charge in [0.05, 0.1) is 6.26 Å². The Morgan fingerprint density at radius 2 is 2.12 bits per heavy atom. The number of piperidine rings is 1. The Morgan fingerprint density at radius 3 is 2.79 bits per heavy atom. The summed E-state index contributed by atoms with van der Waals surface area (Å²) in [7, 11) is 0. The second-order valence-corrected chi connectivity index (χ2v) is 7.03. The van der Waals surface area contributed by atoms with E-state index in [0.717, 1.165) is 43.7 Å². The van der Waals surface area contributed by atoms with Crippen molar-refractivity contribution >= 4 is 5.96 Å². The molecule has 1 aliphatic carbocycles. The van der Waals surface area contributed by atoms with Crippen LogP contribution in [-0.2, 0) is 6.42 Å². The Kier molecular flexibility index (Phi) is 6.58. The van der Waals surface area contributed by atoms with Crippen LogP contribution in [0, 0.1) is 0 Å². The molecule has 0 radical (unpaired) electrons. The summed E-state index contributed by atoms with van der Waals surface area (Å²) in [5.74, 6) is 1.99. The van der Waals surface area contributed by atoms with Crippen LogP contribution in [0.3, 0.4) is 0 Å². The van der Waals surface area contributed by atoms with Gasteiger partial charge in [-0.25, -0.2) is 0 Å². The van der Waals surface area contributed by atoms with E-state index in [2.05, 4.69) is 22.5 Å². The molecule has 5 nitrogen and oxygen atoms in total. The van der Waals surface area contributed by atoms with E-state index in [9.17, 15) is 0 Å². The molecule has 0 bridgehead atoms. The van der Waals surface area contributed by atoms with Gasteiger partial charge in [-0.15, -0.1) is 0 Å². The molecular formula is C19H32N4O. The van der Waals surface area contributed by atoms with E-state index in [4.69, 9.17) is 9.41 Å². The number of aliphatic imine (C=N–C) groups is 1. The van der Waals surface area contributed by atoms with Crippen molar-refractivity contribution in [1.29, 1.82) is 0 Å². The predicted octanol–water partition coefficient (Wildman–Crippen LogP) is 2.78. The number of unbranched alkanes of at least 4 members (excludes halogenated alkanes) is 1. The third kappa shape index (κ3) is 5.55. The minimum absolute atomic E-state index is 0.552. The molecule has 3 rings (SSSR count). The monoisotopic (exact) mass is 332 g/mol. The molecule has 0 aromatic carbocycles. The standard InChI is InChI=1S/C19H32N4O/c1-2-3-11-20-19(21-12-8-18-5-4-15-24-18)22-16-9-13-23(14-10-16)17-6-7-17/h4-5,15-17H,2-3,6-14H2,1H3,(H2,20,21,22). The second kappa shape index (κ2) is 9.11. The van der Waals surface area contributed by atoms with Crippen molar-refractivity contribution in [3.8, 4) is 0 Å². The highest BCUT2D eigenvalue weighted by Gasteiger charge is 2.31. The van der Waals surface area contributed by atoms with Crippen LogP contribution in [-0.4, -0.2) is 49.1 Å². The number of hydrogen-bond donors (Lipinski definition) is 2. The van der Waals surface area contributed by atoms with Gasteiger partial charge in [-0.1, -0.05) is 13.3 Å². The van der Waals surface area contributed by atoms with E-state index in [0.29, 0.717) is 6.04 Å². The highest BCUT2D eigenvalue weighted by molar-refractivity contribution is 5.80. The largest absolute Gasteiger partial charge is 0.469 e. The van der Waals surface area contributed by atoms with E-state index in [1.807, 2.05) is 12.1 Å². The first-order valence-electron chi connectivity index (χ1n) is 9.66. The molecule has 24 heavy (non-hydrogen) atoms. The molecule has 0 atom stereocenters. The average Bonchev–Trinajstić information content (AvgIpc) is 3.32. The van der Waals surface area contributed by atoms with Gasteiger partial charge in [0, 0.05) is 44.7 Å². The van der Waals surface area contributed by atoms with Crippen molar-refractivity contribution < 1.29 is 4.42 Å². The van der Waals surface area contributed by atoms with E-state index in [1.54, 1.807) is 6.26 Å². The molecule has 2 heterocycles. The van der Waals surface area contributed by atoms with Gasteiger partial charge in [0.15, 0.2) is 5.96 Å². The molecule has 1 aromatic rings. The number of nitrogens with one attached hydrogen (secondary N) is 2. The molecule has 0 unspecified atom stereocenters. The zero-order valence-corrected chi connectivity index (χ0v) is 15.0. The number of nitrogens with zero attached hydrogens (tertiary/aromatic N) is 2. The van der Waals surface area contributed by atoms with Crippen LogP contribution in [0.5, 0.6) is 0 Å². The van der Waals surface area contributed by atoms with E-state index in [-0.39, 0.29) is 0 Å². The highest BCUT2D eigenvalue weighted by atomic mass is 16.3. The lowest BCUT2D eigenvalue weighted by molar-refractivity contribution is 0.197. The maximum absolute atomic E-state index is 5.40. The van der Waals surface area contributed by atoms with Gasteiger partial charge in [0.1, 0.15) is 5.76 Å². The van der Waals surface area contributed by atoms with Gasteiger partial charge in [0.25, 0.3) is 0 Å². The maximum atomic E-state index is 5.40. The lowest BCUT2D eigenvalue weighted by atomic mass is 10.1. The normalized spacial score (nSPS) is 20.3. The predicted molar refractivity (Wildman–Crippen MR) is 98.4 cm³/mol. The zero-order chi connectivity index (χ0) is 16.6. The first-order valence-corrected chi connectivity index (χ1v) is 9.66. The molecule has 2 aliphatic rings. The molecule has 0 spiro atoms. The molecule has 2 fully saturated rings. The number of rotatable bonds is 8. The van der Waals surface area contributed by atoms with Crippen molar-refractivity contribution in [3.05, 3.63) is 24.2 Å². The number of guanidine groups is 1. The third-order valence-electron chi connectivity index (χ3n) is 4.96.